The van der Waals surface area contributed by atoms with E-state index in [2.05, 4.69) is 15.3 Å². The van der Waals surface area contributed by atoms with Gasteiger partial charge in [-0.25, -0.2) is 4.98 Å². The van der Waals surface area contributed by atoms with Crippen molar-refractivity contribution < 1.29 is 14.3 Å². The third kappa shape index (κ3) is 3.62. The monoisotopic (exact) mass is 357 g/mol. The van der Waals surface area contributed by atoms with Crippen LogP contribution in [0.2, 0.25) is 0 Å². The van der Waals surface area contributed by atoms with Gasteiger partial charge in [0.2, 0.25) is 0 Å². The maximum absolute atomic E-state index is 12.2. The average Bonchev–Trinajstić information content (AvgIpc) is 3.11. The molecule has 0 bridgehead atoms. The molecule has 7 heteroatoms. The van der Waals surface area contributed by atoms with E-state index in [9.17, 15) is 9.90 Å². The smallest absolute Gasteiger partial charge is 0.264 e. The number of aromatic nitrogens is 1. The fraction of sp³-hybridized carbons (Fsp3) is 0.389. The lowest BCUT2D eigenvalue weighted by Gasteiger charge is -2.22. The summed E-state index contributed by atoms with van der Waals surface area (Å²) in [6.45, 7) is 1.81. The van der Waals surface area contributed by atoms with E-state index >= 15 is 0 Å². The number of amidine groups is 1. The summed E-state index contributed by atoms with van der Waals surface area (Å²) in [7, 11) is 0. The maximum Gasteiger partial charge on any atom is 0.264 e. The molecule has 1 saturated heterocycles. The number of aliphatic hydroxyl groups excluding tert-OH is 1. The van der Waals surface area contributed by atoms with Crippen LogP contribution in [0.25, 0.3) is 17.2 Å². The summed E-state index contributed by atoms with van der Waals surface area (Å²) in [6.07, 6.45) is 4.92. The summed E-state index contributed by atoms with van der Waals surface area (Å²) in [5, 5.41) is 13.0. The first kappa shape index (κ1) is 16.4. The summed E-state index contributed by atoms with van der Waals surface area (Å²) in [4.78, 5) is 21.7. The Morgan fingerprint density at radius 1 is 1.36 bits per heavy atom. The number of nitrogens with one attached hydrogen (secondary N) is 1. The van der Waals surface area contributed by atoms with Gasteiger partial charge in [0, 0.05) is 6.92 Å². The molecule has 6 nitrogen and oxygen atoms in total. The van der Waals surface area contributed by atoms with Gasteiger partial charge < -0.3 is 14.8 Å². The third-order valence-electron chi connectivity index (χ3n) is 4.43. The normalized spacial score (nSPS) is 27.4. The summed E-state index contributed by atoms with van der Waals surface area (Å²) in [6, 6.07) is 5.87. The molecule has 2 fully saturated rings. The van der Waals surface area contributed by atoms with Gasteiger partial charge >= 0.3 is 0 Å². The summed E-state index contributed by atoms with van der Waals surface area (Å²) in [5.41, 5.74) is 2.41. The number of benzene rings is 1. The SMILES string of the molecule is Cc1nc2ccc(C=C3SC(=NC4CCC(O)CC4)NC3=O)cc2o1. The van der Waals surface area contributed by atoms with E-state index < -0.39 is 0 Å². The molecule has 2 aliphatic rings. The molecule has 2 aromatic rings. The van der Waals surface area contributed by atoms with Crippen molar-refractivity contribution >= 4 is 40.0 Å². The second kappa shape index (κ2) is 6.65. The van der Waals surface area contributed by atoms with Crippen LogP contribution in [0.5, 0.6) is 0 Å². The minimum atomic E-state index is -0.202. The molecule has 1 saturated carbocycles. The van der Waals surface area contributed by atoms with Crippen molar-refractivity contribution in [3.05, 3.63) is 34.6 Å². The number of rotatable bonds is 2. The zero-order chi connectivity index (χ0) is 17.4. The molecule has 4 rings (SSSR count). The highest BCUT2D eigenvalue weighted by atomic mass is 32.2. The Bertz CT molecular complexity index is 879. The van der Waals surface area contributed by atoms with Crippen LogP contribution in [0.3, 0.4) is 0 Å². The molecular weight excluding hydrogens is 338 g/mol. The third-order valence-corrected chi connectivity index (χ3v) is 5.36. The number of amides is 1. The van der Waals surface area contributed by atoms with Gasteiger partial charge in [-0.2, -0.15) is 0 Å². The predicted octanol–water partition coefficient (Wildman–Crippen LogP) is 3.00. The van der Waals surface area contributed by atoms with Gasteiger partial charge in [0.1, 0.15) is 5.52 Å². The molecule has 0 atom stereocenters. The van der Waals surface area contributed by atoms with Gasteiger partial charge in [-0.05, 0) is 61.2 Å². The number of nitrogens with zero attached hydrogens (tertiary/aromatic N) is 2. The van der Waals surface area contributed by atoms with Crippen molar-refractivity contribution in [2.24, 2.45) is 4.99 Å². The standard InChI is InChI=1S/C18H19N3O3S/c1-10-19-14-7-2-11(8-15(14)24-10)9-16-17(23)21-18(25-16)20-12-3-5-13(22)6-4-12/h2,7-9,12-13,22H,3-6H2,1H3,(H,20,21,23). The van der Waals surface area contributed by atoms with Crippen LogP contribution in [0.4, 0.5) is 0 Å². The number of thioether (sulfide) groups is 1. The van der Waals surface area contributed by atoms with Gasteiger partial charge in [0.05, 0.1) is 17.1 Å². The fourth-order valence-corrected chi connectivity index (χ4v) is 4.03. The van der Waals surface area contributed by atoms with Crippen molar-refractivity contribution in [3.63, 3.8) is 0 Å². The second-order valence-electron chi connectivity index (χ2n) is 6.42. The molecular formula is C18H19N3O3S. The van der Waals surface area contributed by atoms with E-state index in [1.807, 2.05) is 31.2 Å². The topological polar surface area (TPSA) is 87.7 Å². The van der Waals surface area contributed by atoms with E-state index in [1.54, 1.807) is 0 Å². The maximum atomic E-state index is 12.2. The Morgan fingerprint density at radius 3 is 2.96 bits per heavy atom. The molecule has 25 heavy (non-hydrogen) atoms. The van der Waals surface area contributed by atoms with E-state index in [-0.39, 0.29) is 18.1 Å². The van der Waals surface area contributed by atoms with Crippen LogP contribution in [0.1, 0.15) is 37.1 Å². The quantitative estimate of drug-likeness (QED) is 0.807. The molecule has 1 aliphatic heterocycles. The van der Waals surface area contributed by atoms with Crippen LogP contribution >= 0.6 is 11.8 Å². The van der Waals surface area contributed by atoms with E-state index in [0.717, 1.165) is 36.8 Å². The number of hydrogen-bond donors (Lipinski definition) is 2. The second-order valence-corrected chi connectivity index (χ2v) is 7.45. The molecule has 2 N–H and O–H groups in total. The van der Waals surface area contributed by atoms with Crippen molar-refractivity contribution in [2.75, 3.05) is 0 Å². The van der Waals surface area contributed by atoms with Crippen LogP contribution < -0.4 is 5.32 Å². The van der Waals surface area contributed by atoms with E-state index in [4.69, 9.17) is 4.42 Å². The average molecular weight is 357 g/mol. The minimum absolute atomic E-state index is 0.131. The lowest BCUT2D eigenvalue weighted by Crippen LogP contribution is -2.25. The van der Waals surface area contributed by atoms with Gasteiger partial charge in [-0.15, -0.1) is 0 Å². The summed E-state index contributed by atoms with van der Waals surface area (Å²) >= 11 is 1.36. The highest BCUT2D eigenvalue weighted by molar-refractivity contribution is 8.18. The number of carbonyl (C=O) groups is 1. The molecule has 0 radical (unpaired) electrons. The number of fused-ring (bicyclic) bond motifs is 1. The van der Waals surface area contributed by atoms with Crippen molar-refractivity contribution in [1.29, 1.82) is 0 Å². The van der Waals surface area contributed by atoms with E-state index in [1.165, 1.54) is 11.8 Å². The van der Waals surface area contributed by atoms with Crippen molar-refractivity contribution in [1.82, 2.24) is 10.3 Å². The van der Waals surface area contributed by atoms with Crippen LogP contribution in [0, 0.1) is 6.92 Å². The molecule has 130 valence electrons. The minimum Gasteiger partial charge on any atom is -0.441 e. The molecule has 1 aromatic heterocycles. The summed E-state index contributed by atoms with van der Waals surface area (Å²) in [5.74, 6) is 0.494. The number of aliphatic hydroxyl groups is 1. The molecule has 2 heterocycles. The first-order valence-electron chi connectivity index (χ1n) is 8.41. The Morgan fingerprint density at radius 2 is 2.16 bits per heavy atom. The first-order chi connectivity index (χ1) is 12.1. The first-order valence-corrected chi connectivity index (χ1v) is 9.22. The Labute approximate surface area is 149 Å². The number of aryl methyl sites for hydroxylation is 1. The fourth-order valence-electron chi connectivity index (χ4n) is 3.14. The van der Waals surface area contributed by atoms with Crippen LogP contribution in [-0.4, -0.2) is 33.3 Å². The number of hydrogen-bond acceptors (Lipinski definition) is 6. The van der Waals surface area contributed by atoms with Crippen molar-refractivity contribution in [3.8, 4) is 0 Å². The van der Waals surface area contributed by atoms with Gasteiger partial charge in [-0.1, -0.05) is 6.07 Å². The van der Waals surface area contributed by atoms with E-state index in [0.29, 0.717) is 21.5 Å². The zero-order valence-corrected chi connectivity index (χ0v) is 14.7. The summed E-state index contributed by atoms with van der Waals surface area (Å²) < 4.78 is 5.54. The Kier molecular flexibility index (Phi) is 4.35. The molecule has 0 unspecified atom stereocenters. The Hall–Kier alpha value is -2.12. The number of oxazole rings is 1. The number of carbonyl (C=O) groups excluding carboxylic acids is 1. The van der Waals surface area contributed by atoms with Gasteiger partial charge in [0.15, 0.2) is 16.6 Å². The molecule has 0 spiro atoms. The largest absolute Gasteiger partial charge is 0.441 e. The number of aliphatic imine (C=N–C) groups is 1. The molecule has 1 amide bonds. The van der Waals surface area contributed by atoms with Gasteiger partial charge in [-0.3, -0.25) is 9.79 Å². The zero-order valence-electron chi connectivity index (χ0n) is 13.9. The lowest BCUT2D eigenvalue weighted by molar-refractivity contribution is -0.115. The Balaban J connectivity index is 1.51. The predicted molar refractivity (Wildman–Crippen MR) is 98.2 cm³/mol. The molecule has 1 aliphatic carbocycles. The van der Waals surface area contributed by atoms with Crippen molar-refractivity contribution in [2.45, 2.75) is 44.8 Å². The lowest BCUT2D eigenvalue weighted by atomic mass is 9.94. The highest BCUT2D eigenvalue weighted by Gasteiger charge is 2.26. The van der Waals surface area contributed by atoms with Crippen LogP contribution in [0.15, 0.2) is 32.5 Å². The molecule has 1 aromatic carbocycles. The van der Waals surface area contributed by atoms with Crippen LogP contribution in [-0.2, 0) is 4.79 Å². The highest BCUT2D eigenvalue weighted by Crippen LogP contribution is 2.29. The van der Waals surface area contributed by atoms with Gasteiger partial charge in [0.25, 0.3) is 5.91 Å².